The van der Waals surface area contributed by atoms with Crippen molar-refractivity contribution in [3.8, 4) is 0 Å². The Bertz CT molecular complexity index is 374. The van der Waals surface area contributed by atoms with E-state index in [1.807, 2.05) is 0 Å². The van der Waals surface area contributed by atoms with Gasteiger partial charge >= 0.3 is 0 Å². The van der Waals surface area contributed by atoms with Gasteiger partial charge in [-0.15, -0.1) is 12.4 Å². The third kappa shape index (κ3) is 2.15. The van der Waals surface area contributed by atoms with Crippen LogP contribution in [-0.2, 0) is 0 Å². The Labute approximate surface area is 97.2 Å². The zero-order valence-electron chi connectivity index (χ0n) is 9.21. The van der Waals surface area contributed by atoms with Crippen LogP contribution >= 0.6 is 12.4 Å². The number of nitrogens with one attached hydrogen (secondary N) is 1. The van der Waals surface area contributed by atoms with E-state index in [1.54, 1.807) is 0 Å². The molecule has 0 amide bonds. The van der Waals surface area contributed by atoms with Gasteiger partial charge in [0.25, 0.3) is 0 Å². The Kier molecular flexibility index (Phi) is 3.75. The molecule has 15 heavy (non-hydrogen) atoms. The van der Waals surface area contributed by atoms with Crippen LogP contribution in [0.25, 0.3) is 0 Å². The molecule has 1 fully saturated rings. The molecule has 0 aromatic heterocycles. The van der Waals surface area contributed by atoms with Gasteiger partial charge in [0.2, 0.25) is 0 Å². The van der Waals surface area contributed by atoms with Crippen molar-refractivity contribution in [3.63, 3.8) is 0 Å². The van der Waals surface area contributed by atoms with Crippen molar-refractivity contribution in [3.05, 3.63) is 29.3 Å². The summed E-state index contributed by atoms with van der Waals surface area (Å²) in [6.07, 6.45) is 2.04. The van der Waals surface area contributed by atoms with E-state index in [1.165, 1.54) is 16.8 Å². The van der Waals surface area contributed by atoms with E-state index in [2.05, 4.69) is 36.9 Å². The molecular formula is C12H17ClN2. The second kappa shape index (κ2) is 4.67. The van der Waals surface area contributed by atoms with Gasteiger partial charge in [0.1, 0.15) is 5.84 Å². The maximum absolute atomic E-state index is 7.84. The number of aryl methyl sites for hydroxylation is 1. The zero-order valence-corrected chi connectivity index (χ0v) is 10.0. The largest absolute Gasteiger partial charge is 0.330 e. The average molecular weight is 225 g/mol. The highest BCUT2D eigenvalue weighted by molar-refractivity contribution is 5.98. The van der Waals surface area contributed by atoms with Crippen molar-refractivity contribution in [1.29, 1.82) is 5.41 Å². The van der Waals surface area contributed by atoms with Crippen LogP contribution in [0.5, 0.6) is 0 Å². The Morgan fingerprint density at radius 3 is 2.60 bits per heavy atom. The summed E-state index contributed by atoms with van der Waals surface area (Å²) < 4.78 is 0. The summed E-state index contributed by atoms with van der Waals surface area (Å²) in [5.41, 5.74) is 3.83. The van der Waals surface area contributed by atoms with Crippen molar-refractivity contribution in [2.75, 3.05) is 11.4 Å². The van der Waals surface area contributed by atoms with Crippen LogP contribution in [-0.4, -0.2) is 12.4 Å². The van der Waals surface area contributed by atoms with Crippen LogP contribution in [0.15, 0.2) is 18.2 Å². The maximum atomic E-state index is 7.84. The van der Waals surface area contributed by atoms with Gasteiger partial charge in [0, 0.05) is 18.7 Å². The van der Waals surface area contributed by atoms with Crippen molar-refractivity contribution in [2.45, 2.75) is 26.7 Å². The lowest BCUT2D eigenvalue weighted by atomic mass is 10.1. The molecule has 0 radical (unpaired) electrons. The fourth-order valence-electron chi connectivity index (χ4n) is 1.97. The van der Waals surface area contributed by atoms with E-state index in [0.717, 1.165) is 25.2 Å². The zero-order chi connectivity index (χ0) is 10.1. The monoisotopic (exact) mass is 224 g/mol. The minimum atomic E-state index is 0. The van der Waals surface area contributed by atoms with Crippen LogP contribution < -0.4 is 4.90 Å². The van der Waals surface area contributed by atoms with Crippen molar-refractivity contribution < 1.29 is 0 Å². The van der Waals surface area contributed by atoms with Gasteiger partial charge in [-0.05, 0) is 37.5 Å². The lowest BCUT2D eigenvalue weighted by molar-refractivity contribution is 0.953. The average Bonchev–Trinajstić information content (AvgIpc) is 2.57. The molecule has 0 saturated carbocycles. The highest BCUT2D eigenvalue weighted by atomic mass is 35.5. The molecule has 1 aliphatic rings. The number of nitrogens with zero attached hydrogens (tertiary/aromatic N) is 1. The topological polar surface area (TPSA) is 27.1 Å². The molecule has 1 aliphatic heterocycles. The van der Waals surface area contributed by atoms with Gasteiger partial charge in [-0.25, -0.2) is 0 Å². The molecule has 0 spiro atoms. The molecule has 1 saturated heterocycles. The first kappa shape index (κ1) is 12.1. The Balaban J connectivity index is 0.00000112. The third-order valence-corrected chi connectivity index (χ3v) is 2.99. The standard InChI is InChI=1S/C12H16N2.ClH/c1-9-5-3-6-11(10(9)2)14-8-4-7-12(14)13;/h3,5-6,13H,4,7-8H2,1-2H3;1H. The Morgan fingerprint density at radius 2 is 2.00 bits per heavy atom. The lowest BCUT2D eigenvalue weighted by Crippen LogP contribution is -2.24. The minimum absolute atomic E-state index is 0. The maximum Gasteiger partial charge on any atom is 0.100 e. The fourth-order valence-corrected chi connectivity index (χ4v) is 1.97. The summed E-state index contributed by atoms with van der Waals surface area (Å²) in [5, 5.41) is 7.84. The van der Waals surface area contributed by atoms with Gasteiger partial charge in [0.05, 0.1) is 0 Å². The van der Waals surface area contributed by atoms with Crippen molar-refractivity contribution >= 4 is 23.9 Å². The second-order valence-corrected chi connectivity index (χ2v) is 3.92. The lowest BCUT2D eigenvalue weighted by Gasteiger charge is -2.21. The van der Waals surface area contributed by atoms with Gasteiger partial charge in [-0.3, -0.25) is 5.41 Å². The Morgan fingerprint density at radius 1 is 1.27 bits per heavy atom. The molecule has 2 rings (SSSR count). The highest BCUT2D eigenvalue weighted by Crippen LogP contribution is 2.26. The first-order valence-corrected chi connectivity index (χ1v) is 5.11. The second-order valence-electron chi connectivity index (χ2n) is 3.92. The molecule has 0 bridgehead atoms. The quantitative estimate of drug-likeness (QED) is 0.779. The fraction of sp³-hybridized carbons (Fsp3) is 0.417. The SMILES string of the molecule is Cc1cccc(N2CCCC2=N)c1C.Cl. The number of benzene rings is 1. The molecule has 3 heteroatoms. The molecule has 0 aliphatic carbocycles. The van der Waals surface area contributed by atoms with E-state index >= 15 is 0 Å². The molecule has 1 aromatic rings. The number of hydrogen-bond donors (Lipinski definition) is 1. The normalized spacial score (nSPS) is 15.3. The molecule has 0 atom stereocenters. The van der Waals surface area contributed by atoms with E-state index in [0.29, 0.717) is 0 Å². The van der Waals surface area contributed by atoms with E-state index in [-0.39, 0.29) is 12.4 Å². The predicted molar refractivity (Wildman–Crippen MR) is 67.5 cm³/mol. The Hall–Kier alpha value is -1.02. The molecule has 82 valence electrons. The van der Waals surface area contributed by atoms with Gasteiger partial charge in [0.15, 0.2) is 0 Å². The summed E-state index contributed by atoms with van der Waals surface area (Å²) in [5.74, 6) is 0.763. The van der Waals surface area contributed by atoms with Crippen molar-refractivity contribution in [1.82, 2.24) is 0 Å². The molecule has 0 unspecified atom stereocenters. The van der Waals surface area contributed by atoms with E-state index in [9.17, 15) is 0 Å². The van der Waals surface area contributed by atoms with Gasteiger partial charge in [-0.1, -0.05) is 12.1 Å². The number of rotatable bonds is 1. The van der Waals surface area contributed by atoms with Crippen molar-refractivity contribution in [2.24, 2.45) is 0 Å². The highest BCUT2D eigenvalue weighted by Gasteiger charge is 2.19. The van der Waals surface area contributed by atoms with Gasteiger partial charge < -0.3 is 4.90 Å². The number of anilines is 1. The molecule has 1 N–H and O–H groups in total. The summed E-state index contributed by atoms with van der Waals surface area (Å²) in [6, 6.07) is 6.31. The van der Waals surface area contributed by atoms with Crippen LogP contribution in [0.2, 0.25) is 0 Å². The molecule has 1 aromatic carbocycles. The van der Waals surface area contributed by atoms with Gasteiger partial charge in [-0.2, -0.15) is 0 Å². The van der Waals surface area contributed by atoms with Crippen LogP contribution in [0.4, 0.5) is 5.69 Å². The molecule has 1 heterocycles. The summed E-state index contributed by atoms with van der Waals surface area (Å²) in [7, 11) is 0. The first-order chi connectivity index (χ1) is 6.70. The van der Waals surface area contributed by atoms with Crippen LogP contribution in [0.1, 0.15) is 24.0 Å². The van der Waals surface area contributed by atoms with Crippen LogP contribution in [0.3, 0.4) is 0 Å². The molecular weight excluding hydrogens is 208 g/mol. The minimum Gasteiger partial charge on any atom is -0.330 e. The number of halogens is 1. The molecule has 2 nitrogen and oxygen atoms in total. The van der Waals surface area contributed by atoms with E-state index < -0.39 is 0 Å². The summed E-state index contributed by atoms with van der Waals surface area (Å²) in [6.45, 7) is 5.26. The summed E-state index contributed by atoms with van der Waals surface area (Å²) in [4.78, 5) is 2.13. The smallest absolute Gasteiger partial charge is 0.100 e. The number of hydrogen-bond acceptors (Lipinski definition) is 1. The van der Waals surface area contributed by atoms with E-state index in [4.69, 9.17) is 5.41 Å². The van der Waals surface area contributed by atoms with Crippen LogP contribution in [0, 0.1) is 19.3 Å². The predicted octanol–water partition coefficient (Wildman–Crippen LogP) is 3.30. The third-order valence-electron chi connectivity index (χ3n) is 2.99. The number of amidine groups is 1. The summed E-state index contributed by atoms with van der Waals surface area (Å²) >= 11 is 0. The first-order valence-electron chi connectivity index (χ1n) is 5.11.